The van der Waals surface area contributed by atoms with Crippen molar-refractivity contribution in [1.29, 1.82) is 0 Å². The Bertz CT molecular complexity index is 611. The van der Waals surface area contributed by atoms with Crippen LogP contribution in [0.2, 0.25) is 0 Å². The summed E-state index contributed by atoms with van der Waals surface area (Å²) in [5, 5.41) is 2.66. The number of rotatable bonds is 8. The normalized spacial score (nSPS) is 10.1. The fourth-order valence-corrected chi connectivity index (χ4v) is 1.91. The lowest BCUT2D eigenvalue weighted by atomic mass is 10.2. The van der Waals surface area contributed by atoms with Crippen LogP contribution in [-0.4, -0.2) is 19.2 Å². The minimum absolute atomic E-state index is 0.254. The summed E-state index contributed by atoms with van der Waals surface area (Å²) in [4.78, 5) is 11.6. The minimum Gasteiger partial charge on any atom is -0.445 e. The van der Waals surface area contributed by atoms with Crippen molar-refractivity contribution in [2.45, 2.75) is 13.2 Å². The minimum atomic E-state index is -0.460. The standard InChI is InChI=1S/C19H21NO3/c1-16(13-22-14-17-8-4-2-5-9-17)12-20-19(21)23-15-18-10-6-3-7-11-18/h2-11H,1,12-15H2,(H,20,21). The summed E-state index contributed by atoms with van der Waals surface area (Å²) in [6.45, 7) is 5.39. The van der Waals surface area contributed by atoms with Crippen molar-refractivity contribution in [2.75, 3.05) is 13.2 Å². The van der Waals surface area contributed by atoms with Crippen molar-refractivity contribution in [3.05, 3.63) is 83.9 Å². The van der Waals surface area contributed by atoms with Gasteiger partial charge < -0.3 is 14.8 Å². The van der Waals surface area contributed by atoms with Crippen LogP contribution in [0.4, 0.5) is 4.79 Å². The third kappa shape index (κ3) is 6.80. The second-order valence-electron chi connectivity index (χ2n) is 5.14. The van der Waals surface area contributed by atoms with Crippen LogP contribution in [0.5, 0.6) is 0 Å². The molecule has 0 saturated carbocycles. The highest BCUT2D eigenvalue weighted by Gasteiger charge is 2.03. The van der Waals surface area contributed by atoms with Gasteiger partial charge in [-0.2, -0.15) is 0 Å². The molecule has 120 valence electrons. The van der Waals surface area contributed by atoms with Gasteiger partial charge in [0.15, 0.2) is 0 Å². The molecular formula is C19H21NO3. The number of hydrogen-bond donors (Lipinski definition) is 1. The van der Waals surface area contributed by atoms with E-state index >= 15 is 0 Å². The number of benzene rings is 2. The highest BCUT2D eigenvalue weighted by Crippen LogP contribution is 2.03. The van der Waals surface area contributed by atoms with Crippen LogP contribution in [0.1, 0.15) is 11.1 Å². The van der Waals surface area contributed by atoms with Gasteiger partial charge in [0.25, 0.3) is 0 Å². The van der Waals surface area contributed by atoms with E-state index in [1.54, 1.807) is 0 Å². The highest BCUT2D eigenvalue weighted by atomic mass is 16.5. The second kappa shape index (κ2) is 9.43. The van der Waals surface area contributed by atoms with Crippen LogP contribution in [-0.2, 0) is 22.7 Å². The largest absolute Gasteiger partial charge is 0.445 e. The molecule has 0 unspecified atom stereocenters. The molecule has 0 heterocycles. The summed E-state index contributed by atoms with van der Waals surface area (Å²) in [7, 11) is 0. The lowest BCUT2D eigenvalue weighted by Gasteiger charge is -2.10. The van der Waals surface area contributed by atoms with Crippen molar-refractivity contribution in [3.63, 3.8) is 0 Å². The molecule has 0 aliphatic rings. The number of nitrogens with one attached hydrogen (secondary N) is 1. The summed E-state index contributed by atoms with van der Waals surface area (Å²) in [5.74, 6) is 0. The molecule has 2 aromatic rings. The Morgan fingerprint density at radius 1 is 0.913 bits per heavy atom. The quantitative estimate of drug-likeness (QED) is 0.756. The summed E-state index contributed by atoms with van der Waals surface area (Å²) >= 11 is 0. The average molecular weight is 311 g/mol. The van der Waals surface area contributed by atoms with E-state index in [0.29, 0.717) is 19.8 Å². The molecule has 0 atom stereocenters. The molecule has 1 amide bonds. The van der Waals surface area contributed by atoms with Crippen molar-refractivity contribution < 1.29 is 14.3 Å². The summed E-state index contributed by atoms with van der Waals surface area (Å²) in [5.41, 5.74) is 2.85. The number of hydrogen-bond acceptors (Lipinski definition) is 3. The molecule has 2 rings (SSSR count). The molecule has 0 fully saturated rings. The first-order valence-corrected chi connectivity index (χ1v) is 7.47. The topological polar surface area (TPSA) is 47.6 Å². The SMILES string of the molecule is C=C(CNC(=O)OCc1ccccc1)COCc1ccccc1. The van der Waals surface area contributed by atoms with Crippen molar-refractivity contribution in [3.8, 4) is 0 Å². The molecule has 23 heavy (non-hydrogen) atoms. The van der Waals surface area contributed by atoms with E-state index in [2.05, 4.69) is 11.9 Å². The van der Waals surface area contributed by atoms with Crippen LogP contribution >= 0.6 is 0 Å². The van der Waals surface area contributed by atoms with Crippen LogP contribution in [0, 0.1) is 0 Å². The van der Waals surface area contributed by atoms with Gasteiger partial charge in [-0.15, -0.1) is 0 Å². The summed E-state index contributed by atoms with van der Waals surface area (Å²) < 4.78 is 10.7. The Hall–Kier alpha value is -2.59. The fraction of sp³-hybridized carbons (Fsp3) is 0.211. The number of ether oxygens (including phenoxy) is 2. The van der Waals surface area contributed by atoms with Crippen molar-refractivity contribution in [1.82, 2.24) is 5.32 Å². The van der Waals surface area contributed by atoms with Crippen LogP contribution < -0.4 is 5.32 Å². The van der Waals surface area contributed by atoms with Gasteiger partial charge >= 0.3 is 6.09 Å². The average Bonchev–Trinajstić information content (AvgIpc) is 2.60. The maximum absolute atomic E-state index is 11.6. The molecule has 4 heteroatoms. The van der Waals surface area contributed by atoms with Gasteiger partial charge in [0, 0.05) is 6.54 Å². The predicted octanol–water partition coefficient (Wildman–Crippen LogP) is 3.69. The molecular weight excluding hydrogens is 290 g/mol. The molecule has 0 aromatic heterocycles. The van der Waals surface area contributed by atoms with E-state index < -0.39 is 6.09 Å². The molecule has 0 bridgehead atoms. The van der Waals surface area contributed by atoms with Crippen LogP contribution in [0.3, 0.4) is 0 Å². The molecule has 2 aromatic carbocycles. The van der Waals surface area contributed by atoms with Gasteiger partial charge in [0.2, 0.25) is 0 Å². The Morgan fingerprint density at radius 2 is 1.48 bits per heavy atom. The lowest BCUT2D eigenvalue weighted by Crippen LogP contribution is -2.27. The molecule has 0 saturated heterocycles. The van der Waals surface area contributed by atoms with Gasteiger partial charge in [-0.1, -0.05) is 67.2 Å². The second-order valence-corrected chi connectivity index (χ2v) is 5.14. The van der Waals surface area contributed by atoms with Crippen molar-refractivity contribution in [2.24, 2.45) is 0 Å². The molecule has 0 aliphatic carbocycles. The number of carbonyl (C=O) groups excluding carboxylic acids is 1. The van der Waals surface area contributed by atoms with E-state index in [0.717, 1.165) is 16.7 Å². The molecule has 0 aliphatic heterocycles. The first-order chi connectivity index (χ1) is 11.2. The highest BCUT2D eigenvalue weighted by molar-refractivity contribution is 5.67. The smallest absolute Gasteiger partial charge is 0.407 e. The van der Waals surface area contributed by atoms with E-state index in [1.165, 1.54) is 0 Å². The Kier molecular flexibility index (Phi) is 6.88. The predicted molar refractivity (Wildman–Crippen MR) is 89.9 cm³/mol. The molecule has 0 spiro atoms. The van der Waals surface area contributed by atoms with E-state index in [9.17, 15) is 4.79 Å². The third-order valence-electron chi connectivity index (χ3n) is 3.11. The monoisotopic (exact) mass is 311 g/mol. The Balaban J connectivity index is 1.57. The van der Waals surface area contributed by atoms with Gasteiger partial charge in [0.05, 0.1) is 13.2 Å². The van der Waals surface area contributed by atoms with Crippen molar-refractivity contribution >= 4 is 6.09 Å². The number of alkyl carbamates (subject to hydrolysis) is 1. The zero-order chi connectivity index (χ0) is 16.3. The fourth-order valence-electron chi connectivity index (χ4n) is 1.91. The van der Waals surface area contributed by atoms with Gasteiger partial charge in [-0.25, -0.2) is 4.79 Å². The van der Waals surface area contributed by atoms with E-state index in [1.807, 2.05) is 60.7 Å². The zero-order valence-electron chi connectivity index (χ0n) is 13.0. The van der Waals surface area contributed by atoms with Crippen LogP contribution in [0.25, 0.3) is 0 Å². The van der Waals surface area contributed by atoms with Gasteiger partial charge in [-0.05, 0) is 16.7 Å². The van der Waals surface area contributed by atoms with Gasteiger partial charge in [0.1, 0.15) is 6.61 Å². The van der Waals surface area contributed by atoms with Crippen LogP contribution in [0.15, 0.2) is 72.8 Å². The Morgan fingerprint density at radius 3 is 2.09 bits per heavy atom. The first kappa shape index (κ1) is 16.8. The van der Waals surface area contributed by atoms with Gasteiger partial charge in [-0.3, -0.25) is 0 Å². The Labute approximate surface area is 136 Å². The summed E-state index contributed by atoms with van der Waals surface area (Å²) in [6, 6.07) is 19.5. The molecule has 1 N–H and O–H groups in total. The molecule has 0 radical (unpaired) electrons. The number of carbonyl (C=O) groups is 1. The maximum Gasteiger partial charge on any atom is 0.407 e. The molecule has 4 nitrogen and oxygen atoms in total. The third-order valence-corrected chi connectivity index (χ3v) is 3.11. The maximum atomic E-state index is 11.6. The van der Waals surface area contributed by atoms with E-state index in [-0.39, 0.29) is 6.61 Å². The zero-order valence-corrected chi connectivity index (χ0v) is 13.0. The number of amides is 1. The lowest BCUT2D eigenvalue weighted by molar-refractivity contribution is 0.134. The summed E-state index contributed by atoms with van der Waals surface area (Å²) in [6.07, 6.45) is -0.460. The first-order valence-electron chi connectivity index (χ1n) is 7.47. The van der Waals surface area contributed by atoms with E-state index in [4.69, 9.17) is 9.47 Å².